The average Bonchev–Trinajstić information content (AvgIpc) is 3.03. The Balaban J connectivity index is 1.78. The number of benzene rings is 2. The summed E-state index contributed by atoms with van der Waals surface area (Å²) in [4.78, 5) is 37.4. The van der Waals surface area contributed by atoms with Crippen LogP contribution in [0.3, 0.4) is 0 Å². The highest BCUT2D eigenvalue weighted by atomic mass is 16.6. The van der Waals surface area contributed by atoms with Crippen LogP contribution < -0.4 is 15.0 Å². The highest BCUT2D eigenvalue weighted by Gasteiger charge is 2.36. The Hall–Kier alpha value is -3.42. The molecule has 8 nitrogen and oxygen atoms in total. The number of amides is 2. The van der Waals surface area contributed by atoms with Crippen molar-refractivity contribution in [3.8, 4) is 5.75 Å². The van der Waals surface area contributed by atoms with Gasteiger partial charge in [0, 0.05) is 18.7 Å². The first-order valence-corrected chi connectivity index (χ1v) is 8.81. The topological polar surface area (TPSA) is 102 Å². The first kappa shape index (κ1) is 19.3. The summed E-state index contributed by atoms with van der Waals surface area (Å²) in [7, 11) is 1.41. The van der Waals surface area contributed by atoms with Crippen molar-refractivity contribution in [1.82, 2.24) is 0 Å². The van der Waals surface area contributed by atoms with Crippen molar-refractivity contribution in [3.63, 3.8) is 0 Å². The number of ether oxygens (including phenoxy) is 1. The first-order valence-electron chi connectivity index (χ1n) is 8.81. The number of carbonyl (C=O) groups excluding carboxylic acids is 2. The maximum absolute atomic E-state index is 12.7. The number of aryl methyl sites for hydroxylation is 2. The standard InChI is InChI=1S/C20H21N3O5/c1-12-4-7-17(13(2)8-12)22-11-14(9-19(22)24)20(25)21-16-6-5-15(28-3)10-18(16)23(26)27/h4-8,10,14H,9,11H2,1-3H3,(H,21,25). The van der Waals surface area contributed by atoms with Gasteiger partial charge >= 0.3 is 0 Å². The molecule has 1 saturated heterocycles. The van der Waals surface area contributed by atoms with Crippen LogP contribution in [-0.4, -0.2) is 30.4 Å². The quantitative estimate of drug-likeness (QED) is 0.631. The molecule has 1 atom stereocenters. The highest BCUT2D eigenvalue weighted by Crippen LogP contribution is 2.32. The monoisotopic (exact) mass is 383 g/mol. The van der Waals surface area contributed by atoms with E-state index in [1.54, 1.807) is 4.90 Å². The van der Waals surface area contributed by atoms with E-state index in [-0.39, 0.29) is 30.2 Å². The van der Waals surface area contributed by atoms with E-state index >= 15 is 0 Å². The first-order chi connectivity index (χ1) is 13.3. The largest absolute Gasteiger partial charge is 0.496 e. The fourth-order valence-corrected chi connectivity index (χ4v) is 3.35. The summed E-state index contributed by atoms with van der Waals surface area (Å²) in [6.07, 6.45) is 0.0586. The van der Waals surface area contributed by atoms with E-state index in [0.29, 0.717) is 5.75 Å². The van der Waals surface area contributed by atoms with Crippen molar-refractivity contribution in [2.24, 2.45) is 5.92 Å². The lowest BCUT2D eigenvalue weighted by Gasteiger charge is -2.19. The minimum Gasteiger partial charge on any atom is -0.496 e. The molecule has 2 aromatic rings. The van der Waals surface area contributed by atoms with Crippen molar-refractivity contribution in [1.29, 1.82) is 0 Å². The van der Waals surface area contributed by atoms with E-state index in [1.807, 2.05) is 32.0 Å². The van der Waals surface area contributed by atoms with Gasteiger partial charge in [0.2, 0.25) is 11.8 Å². The number of nitro groups is 1. The molecule has 2 amide bonds. The Morgan fingerprint density at radius 2 is 2.00 bits per heavy atom. The smallest absolute Gasteiger partial charge is 0.296 e. The third-order valence-corrected chi connectivity index (χ3v) is 4.80. The van der Waals surface area contributed by atoms with E-state index in [9.17, 15) is 19.7 Å². The van der Waals surface area contributed by atoms with Gasteiger partial charge in [-0.15, -0.1) is 0 Å². The molecule has 1 heterocycles. The summed E-state index contributed by atoms with van der Waals surface area (Å²) >= 11 is 0. The third kappa shape index (κ3) is 3.80. The van der Waals surface area contributed by atoms with Gasteiger partial charge in [0.25, 0.3) is 5.69 Å². The van der Waals surface area contributed by atoms with E-state index < -0.39 is 16.7 Å². The van der Waals surface area contributed by atoms with Crippen LogP contribution in [-0.2, 0) is 9.59 Å². The minimum atomic E-state index is -0.588. The van der Waals surface area contributed by atoms with Gasteiger partial charge in [0.15, 0.2) is 0 Å². The fraction of sp³-hybridized carbons (Fsp3) is 0.300. The second-order valence-electron chi connectivity index (χ2n) is 6.82. The van der Waals surface area contributed by atoms with Crippen molar-refractivity contribution in [2.75, 3.05) is 23.9 Å². The van der Waals surface area contributed by atoms with Crippen LogP contribution in [0, 0.1) is 29.9 Å². The molecule has 0 aliphatic carbocycles. The number of nitrogens with one attached hydrogen (secondary N) is 1. The van der Waals surface area contributed by atoms with Crippen LogP contribution >= 0.6 is 0 Å². The molecule has 0 bridgehead atoms. The molecule has 8 heteroatoms. The number of hydrogen-bond donors (Lipinski definition) is 1. The molecular formula is C20H21N3O5. The van der Waals surface area contributed by atoms with Crippen molar-refractivity contribution >= 4 is 28.9 Å². The zero-order valence-electron chi connectivity index (χ0n) is 15.9. The van der Waals surface area contributed by atoms with Gasteiger partial charge in [0.1, 0.15) is 11.4 Å². The molecule has 0 spiro atoms. The van der Waals surface area contributed by atoms with Crippen molar-refractivity contribution in [3.05, 3.63) is 57.6 Å². The Bertz CT molecular complexity index is 957. The zero-order chi connectivity index (χ0) is 20.4. The lowest BCUT2D eigenvalue weighted by molar-refractivity contribution is -0.384. The maximum atomic E-state index is 12.7. The number of hydrogen-bond acceptors (Lipinski definition) is 5. The Morgan fingerprint density at radius 1 is 1.25 bits per heavy atom. The van der Waals surface area contributed by atoms with Gasteiger partial charge < -0.3 is 15.0 Å². The summed E-state index contributed by atoms with van der Waals surface area (Å²) in [6, 6.07) is 9.98. The molecule has 0 radical (unpaired) electrons. The molecule has 28 heavy (non-hydrogen) atoms. The summed E-state index contributed by atoms with van der Waals surface area (Å²) in [5.41, 5.74) is 2.65. The summed E-state index contributed by atoms with van der Waals surface area (Å²) in [5.74, 6) is -0.832. The van der Waals surface area contributed by atoms with E-state index in [4.69, 9.17) is 4.74 Å². The van der Waals surface area contributed by atoms with Crippen LogP contribution in [0.15, 0.2) is 36.4 Å². The number of carbonyl (C=O) groups is 2. The molecule has 1 N–H and O–H groups in total. The Morgan fingerprint density at radius 3 is 2.64 bits per heavy atom. The highest BCUT2D eigenvalue weighted by molar-refractivity contribution is 6.04. The van der Waals surface area contributed by atoms with Crippen LogP contribution in [0.4, 0.5) is 17.1 Å². The normalized spacial score (nSPS) is 16.2. The number of nitro benzene ring substituents is 1. The van der Waals surface area contributed by atoms with Crippen molar-refractivity contribution in [2.45, 2.75) is 20.3 Å². The van der Waals surface area contributed by atoms with Crippen molar-refractivity contribution < 1.29 is 19.2 Å². The zero-order valence-corrected chi connectivity index (χ0v) is 15.9. The maximum Gasteiger partial charge on any atom is 0.296 e. The van der Waals surface area contributed by atoms with Gasteiger partial charge in [-0.05, 0) is 37.6 Å². The molecule has 0 aromatic heterocycles. The van der Waals surface area contributed by atoms with Crippen LogP contribution in [0.5, 0.6) is 5.75 Å². The second kappa shape index (κ2) is 7.67. The van der Waals surface area contributed by atoms with Gasteiger partial charge in [-0.2, -0.15) is 0 Å². The van der Waals surface area contributed by atoms with Gasteiger partial charge in [-0.3, -0.25) is 19.7 Å². The van der Waals surface area contributed by atoms with E-state index in [0.717, 1.165) is 16.8 Å². The molecule has 0 saturated carbocycles. The molecule has 1 unspecified atom stereocenters. The Labute approximate surface area is 162 Å². The van der Waals surface area contributed by atoms with Gasteiger partial charge in [0.05, 0.1) is 24.0 Å². The fourth-order valence-electron chi connectivity index (χ4n) is 3.35. The third-order valence-electron chi connectivity index (χ3n) is 4.80. The van der Waals surface area contributed by atoms with Gasteiger partial charge in [-0.25, -0.2) is 0 Å². The molecular weight excluding hydrogens is 362 g/mol. The van der Waals surface area contributed by atoms with Crippen LogP contribution in [0.25, 0.3) is 0 Å². The molecule has 1 aliphatic rings. The van der Waals surface area contributed by atoms with E-state index in [1.165, 1.54) is 25.3 Å². The molecule has 146 valence electrons. The predicted molar refractivity (Wildman–Crippen MR) is 105 cm³/mol. The Kier molecular flexibility index (Phi) is 5.30. The molecule has 1 fully saturated rings. The number of rotatable bonds is 5. The van der Waals surface area contributed by atoms with Crippen LogP contribution in [0.1, 0.15) is 17.5 Å². The predicted octanol–water partition coefficient (Wildman–Crippen LogP) is 3.21. The second-order valence-corrected chi connectivity index (χ2v) is 6.82. The number of methoxy groups -OCH3 is 1. The summed E-state index contributed by atoms with van der Waals surface area (Å²) in [5, 5.41) is 13.9. The molecule has 2 aromatic carbocycles. The molecule has 1 aliphatic heterocycles. The summed E-state index contributed by atoms with van der Waals surface area (Å²) in [6.45, 7) is 4.13. The van der Waals surface area contributed by atoms with Gasteiger partial charge in [-0.1, -0.05) is 17.7 Å². The lowest BCUT2D eigenvalue weighted by atomic mass is 10.1. The molecule has 3 rings (SSSR count). The van der Waals surface area contributed by atoms with E-state index in [2.05, 4.69) is 5.32 Å². The SMILES string of the molecule is COc1ccc(NC(=O)C2CC(=O)N(c3ccc(C)cc3C)C2)c([N+](=O)[O-])c1. The van der Waals surface area contributed by atoms with Crippen LogP contribution in [0.2, 0.25) is 0 Å². The minimum absolute atomic E-state index is 0.0586. The average molecular weight is 383 g/mol. The number of nitrogens with zero attached hydrogens (tertiary/aromatic N) is 2. The number of anilines is 2. The summed E-state index contributed by atoms with van der Waals surface area (Å²) < 4.78 is 4.99. The lowest BCUT2D eigenvalue weighted by Crippen LogP contribution is -2.28.